The monoisotopic (exact) mass is 461 g/mol. The van der Waals surface area contributed by atoms with E-state index in [1.807, 2.05) is 24.3 Å². The van der Waals surface area contributed by atoms with E-state index in [0.29, 0.717) is 29.3 Å². The van der Waals surface area contributed by atoms with Crippen LogP contribution in [0.5, 0.6) is 0 Å². The third-order valence-electron chi connectivity index (χ3n) is 5.70. The number of pyridine rings is 4. The molecule has 0 bridgehead atoms. The van der Waals surface area contributed by atoms with Crippen molar-refractivity contribution in [2.24, 2.45) is 0 Å². The van der Waals surface area contributed by atoms with E-state index in [4.69, 9.17) is 4.98 Å². The van der Waals surface area contributed by atoms with Crippen molar-refractivity contribution in [3.05, 3.63) is 67.6 Å². The van der Waals surface area contributed by atoms with Crippen LogP contribution in [0.15, 0.2) is 67.6 Å². The highest BCUT2D eigenvalue weighted by Crippen LogP contribution is 2.32. The number of nitrogens with zero attached hydrogens (tertiary/aromatic N) is 6. The smallest absolute Gasteiger partial charge is 0.224 e. The summed E-state index contributed by atoms with van der Waals surface area (Å²) in [5.74, 6) is 0.545. The Kier molecular flexibility index (Phi) is 4.95. The Morgan fingerprint density at radius 2 is 1.80 bits per heavy atom. The zero-order valence-corrected chi connectivity index (χ0v) is 18.6. The van der Waals surface area contributed by atoms with Crippen molar-refractivity contribution in [2.45, 2.75) is 13.3 Å². The summed E-state index contributed by atoms with van der Waals surface area (Å²) in [6, 6.07) is 7.64. The van der Waals surface area contributed by atoms with Gasteiger partial charge in [-0.25, -0.2) is 4.98 Å². The van der Waals surface area contributed by atoms with Gasteiger partial charge in [-0.1, -0.05) is 6.92 Å². The molecule has 0 aliphatic rings. The van der Waals surface area contributed by atoms with Crippen molar-refractivity contribution in [1.82, 2.24) is 40.1 Å². The number of aromatic amines is 2. The van der Waals surface area contributed by atoms with Gasteiger partial charge in [-0.05, 0) is 29.8 Å². The Morgan fingerprint density at radius 1 is 0.943 bits per heavy atom. The molecule has 0 aliphatic heterocycles. The van der Waals surface area contributed by atoms with Crippen molar-refractivity contribution < 1.29 is 4.79 Å². The molecule has 0 spiro atoms. The molecule has 6 aromatic rings. The number of hydrogen-bond acceptors (Lipinski definition) is 7. The van der Waals surface area contributed by atoms with Gasteiger partial charge in [0.2, 0.25) is 5.91 Å². The van der Waals surface area contributed by atoms with Crippen molar-refractivity contribution in [3.63, 3.8) is 0 Å². The van der Waals surface area contributed by atoms with Crippen LogP contribution < -0.4 is 5.32 Å². The molecule has 1 amide bonds. The topological polar surface area (TPSA) is 138 Å². The Morgan fingerprint density at radius 3 is 2.66 bits per heavy atom. The van der Waals surface area contributed by atoms with E-state index in [0.717, 1.165) is 38.6 Å². The van der Waals surface area contributed by atoms with Crippen LogP contribution in [0.25, 0.3) is 55.8 Å². The van der Waals surface area contributed by atoms with Gasteiger partial charge in [0, 0.05) is 47.7 Å². The minimum atomic E-state index is -0.0741. The molecular formula is C25H19N9O. The third kappa shape index (κ3) is 3.76. The summed E-state index contributed by atoms with van der Waals surface area (Å²) in [4.78, 5) is 37.2. The summed E-state index contributed by atoms with van der Waals surface area (Å²) < 4.78 is 0. The molecule has 0 saturated heterocycles. The first-order valence-electron chi connectivity index (χ1n) is 11.0. The Hall–Kier alpha value is -4.99. The number of rotatable bonds is 5. The molecule has 6 rings (SSSR count). The maximum atomic E-state index is 11.8. The molecule has 0 radical (unpaired) electrons. The summed E-state index contributed by atoms with van der Waals surface area (Å²) in [5.41, 5.74) is 7.06. The van der Waals surface area contributed by atoms with E-state index in [-0.39, 0.29) is 5.91 Å². The Bertz CT molecular complexity index is 1690. The molecular weight excluding hydrogens is 442 g/mol. The average Bonchev–Trinajstić information content (AvgIpc) is 3.53. The predicted molar refractivity (Wildman–Crippen MR) is 132 cm³/mol. The highest BCUT2D eigenvalue weighted by Gasteiger charge is 2.17. The number of fused-ring (bicyclic) bond motifs is 2. The fourth-order valence-electron chi connectivity index (χ4n) is 3.94. The second-order valence-corrected chi connectivity index (χ2v) is 7.96. The largest absolute Gasteiger partial charge is 0.335 e. The normalized spacial score (nSPS) is 11.2. The average molecular weight is 461 g/mol. The molecule has 0 fully saturated rings. The van der Waals surface area contributed by atoms with E-state index < -0.39 is 0 Å². The molecule has 0 aromatic carbocycles. The summed E-state index contributed by atoms with van der Waals surface area (Å²) >= 11 is 0. The van der Waals surface area contributed by atoms with E-state index in [2.05, 4.69) is 40.4 Å². The Balaban J connectivity index is 1.43. The first-order chi connectivity index (χ1) is 17.2. The zero-order valence-electron chi connectivity index (χ0n) is 18.6. The molecule has 35 heavy (non-hydrogen) atoms. The van der Waals surface area contributed by atoms with Crippen molar-refractivity contribution in [1.29, 1.82) is 0 Å². The molecule has 10 heteroatoms. The van der Waals surface area contributed by atoms with Crippen molar-refractivity contribution in [2.75, 3.05) is 5.32 Å². The number of aromatic nitrogens is 8. The van der Waals surface area contributed by atoms with E-state index in [9.17, 15) is 4.79 Å². The fourth-order valence-corrected chi connectivity index (χ4v) is 3.94. The van der Waals surface area contributed by atoms with Gasteiger partial charge < -0.3 is 10.3 Å². The molecule has 6 heterocycles. The highest BCUT2D eigenvalue weighted by molar-refractivity contribution is 5.97. The number of amides is 1. The molecule has 170 valence electrons. The van der Waals surface area contributed by atoms with Crippen LogP contribution in [0.1, 0.15) is 13.3 Å². The third-order valence-corrected chi connectivity index (χ3v) is 5.70. The Labute approximate surface area is 198 Å². The van der Waals surface area contributed by atoms with Crippen LogP contribution in [0.4, 0.5) is 5.69 Å². The minimum absolute atomic E-state index is 0.0741. The highest BCUT2D eigenvalue weighted by atomic mass is 16.1. The van der Waals surface area contributed by atoms with Gasteiger partial charge >= 0.3 is 0 Å². The van der Waals surface area contributed by atoms with Gasteiger partial charge in [0.05, 0.1) is 46.5 Å². The number of imidazole rings is 1. The van der Waals surface area contributed by atoms with E-state index in [1.165, 1.54) is 0 Å². The van der Waals surface area contributed by atoms with Gasteiger partial charge in [-0.3, -0.25) is 29.8 Å². The first kappa shape index (κ1) is 20.6. The number of carbonyl (C=O) groups is 1. The summed E-state index contributed by atoms with van der Waals surface area (Å²) in [6.45, 7) is 1.80. The van der Waals surface area contributed by atoms with Crippen LogP contribution in [0.2, 0.25) is 0 Å². The zero-order chi connectivity index (χ0) is 23.8. The van der Waals surface area contributed by atoms with Gasteiger partial charge in [0.1, 0.15) is 5.69 Å². The lowest BCUT2D eigenvalue weighted by Gasteiger charge is -2.06. The molecule has 0 unspecified atom stereocenters. The number of H-pyrrole nitrogens is 2. The lowest BCUT2D eigenvalue weighted by Crippen LogP contribution is -2.09. The molecule has 0 aliphatic carbocycles. The van der Waals surface area contributed by atoms with E-state index in [1.54, 1.807) is 50.3 Å². The summed E-state index contributed by atoms with van der Waals surface area (Å²) in [6.07, 6.45) is 12.5. The van der Waals surface area contributed by atoms with Crippen LogP contribution in [0.3, 0.4) is 0 Å². The summed E-state index contributed by atoms with van der Waals surface area (Å²) in [5, 5.41) is 11.2. The van der Waals surface area contributed by atoms with Gasteiger partial charge in [-0.15, -0.1) is 0 Å². The lowest BCUT2D eigenvalue weighted by atomic mass is 10.1. The van der Waals surface area contributed by atoms with Crippen LogP contribution in [0, 0.1) is 0 Å². The van der Waals surface area contributed by atoms with Crippen LogP contribution >= 0.6 is 0 Å². The minimum Gasteiger partial charge on any atom is -0.335 e. The van der Waals surface area contributed by atoms with E-state index >= 15 is 0 Å². The lowest BCUT2D eigenvalue weighted by molar-refractivity contribution is -0.115. The number of nitrogens with one attached hydrogen (secondary N) is 3. The second kappa shape index (κ2) is 8.41. The quantitative estimate of drug-likeness (QED) is 0.346. The van der Waals surface area contributed by atoms with Crippen molar-refractivity contribution >= 4 is 33.5 Å². The SMILES string of the molecule is CCC(=O)Nc1cncc(-c2cc3c(-c4nc5c(-c6ccncc6)cncc5[nH]4)n[nH]c3cn2)c1. The van der Waals surface area contributed by atoms with Gasteiger partial charge in [0.25, 0.3) is 0 Å². The molecule has 3 N–H and O–H groups in total. The van der Waals surface area contributed by atoms with Gasteiger partial charge in [-0.2, -0.15) is 5.10 Å². The van der Waals surface area contributed by atoms with Gasteiger partial charge in [0.15, 0.2) is 5.82 Å². The molecule has 0 saturated carbocycles. The molecule has 0 atom stereocenters. The predicted octanol–water partition coefficient (Wildman–Crippen LogP) is 4.37. The fraction of sp³-hybridized carbons (Fsp3) is 0.0800. The van der Waals surface area contributed by atoms with Crippen LogP contribution in [-0.2, 0) is 4.79 Å². The number of hydrogen-bond donors (Lipinski definition) is 3. The summed E-state index contributed by atoms with van der Waals surface area (Å²) in [7, 11) is 0. The molecule has 6 aromatic heterocycles. The first-order valence-corrected chi connectivity index (χ1v) is 11.0. The maximum Gasteiger partial charge on any atom is 0.224 e. The van der Waals surface area contributed by atoms with Crippen molar-refractivity contribution in [3.8, 4) is 33.9 Å². The number of anilines is 1. The number of carbonyl (C=O) groups excluding carboxylic acids is 1. The maximum absolute atomic E-state index is 11.8. The standard InChI is InChI=1S/C25H19N9O/c1-2-22(35)30-16-7-15(9-27-10-16)19-8-17-20(13-29-19)33-34-24(17)25-31-21-12-28-11-18(23(21)32-25)14-3-5-26-6-4-14/h3-13H,2H2,1H3,(H,30,35)(H,31,32)(H,33,34). The molecule has 10 nitrogen and oxygen atoms in total. The second-order valence-electron chi connectivity index (χ2n) is 7.96. The van der Waals surface area contributed by atoms with Crippen LogP contribution in [-0.4, -0.2) is 46.0 Å².